The van der Waals surface area contributed by atoms with Gasteiger partial charge >= 0.3 is 0 Å². The highest BCUT2D eigenvalue weighted by molar-refractivity contribution is 6.25. The van der Waals surface area contributed by atoms with Crippen LogP contribution in [0.4, 0.5) is 10.1 Å². The summed E-state index contributed by atoms with van der Waals surface area (Å²) in [5.41, 5.74) is 5.38. The molecule has 0 saturated carbocycles. The fourth-order valence-corrected chi connectivity index (χ4v) is 3.58. The number of rotatable bonds is 2. The molecule has 4 rings (SSSR count). The van der Waals surface area contributed by atoms with Gasteiger partial charge in [0.25, 0.3) is 0 Å². The highest BCUT2D eigenvalue weighted by atomic mass is 35.5. The van der Waals surface area contributed by atoms with Crippen LogP contribution in [-0.2, 0) is 0 Å². The molecule has 2 N–H and O–H groups in total. The lowest BCUT2D eigenvalue weighted by Crippen LogP contribution is -2.30. The van der Waals surface area contributed by atoms with Gasteiger partial charge in [-0.05, 0) is 29.8 Å². The number of anilines is 1. The Hall–Kier alpha value is -2.53. The van der Waals surface area contributed by atoms with Crippen molar-refractivity contribution in [3.63, 3.8) is 0 Å². The lowest BCUT2D eigenvalue weighted by atomic mass is 9.90. The molecule has 1 aliphatic rings. The summed E-state index contributed by atoms with van der Waals surface area (Å²) in [7, 11) is 3.91. The number of H-pyrrole nitrogens is 1. The SMILES string of the molecule is CN(C)C1=C(c2ccc(F)cc2)c2cc3cn[nH]c3cc2NC1Cl. The average Bonchev–Trinajstić information content (AvgIpc) is 2.99. The molecule has 2 heterocycles. The first-order valence-electron chi connectivity index (χ1n) is 7.60. The Morgan fingerprint density at radius 2 is 1.92 bits per heavy atom. The zero-order valence-electron chi connectivity index (χ0n) is 13.3. The van der Waals surface area contributed by atoms with Crippen LogP contribution in [0.15, 0.2) is 48.3 Å². The van der Waals surface area contributed by atoms with E-state index in [9.17, 15) is 4.39 Å². The van der Waals surface area contributed by atoms with Gasteiger partial charge in [-0.25, -0.2) is 4.39 Å². The van der Waals surface area contributed by atoms with Gasteiger partial charge in [0.1, 0.15) is 11.3 Å². The number of hydrogen-bond acceptors (Lipinski definition) is 3. The zero-order valence-corrected chi connectivity index (χ0v) is 14.0. The Morgan fingerprint density at radius 1 is 1.17 bits per heavy atom. The number of nitrogens with zero attached hydrogens (tertiary/aromatic N) is 2. The van der Waals surface area contributed by atoms with Gasteiger partial charge < -0.3 is 10.2 Å². The first-order valence-corrected chi connectivity index (χ1v) is 8.04. The molecule has 4 nitrogen and oxygen atoms in total. The zero-order chi connectivity index (χ0) is 16.8. The van der Waals surface area contributed by atoms with Gasteiger partial charge in [-0.1, -0.05) is 23.7 Å². The van der Waals surface area contributed by atoms with Crippen LogP contribution in [0, 0.1) is 5.82 Å². The van der Waals surface area contributed by atoms with Crippen LogP contribution in [0.2, 0.25) is 0 Å². The number of nitrogens with one attached hydrogen (secondary N) is 2. The van der Waals surface area contributed by atoms with E-state index in [-0.39, 0.29) is 11.3 Å². The Labute approximate surface area is 143 Å². The lowest BCUT2D eigenvalue weighted by molar-refractivity contribution is 0.499. The Bertz CT molecular complexity index is 943. The van der Waals surface area contributed by atoms with E-state index in [1.807, 2.05) is 25.1 Å². The van der Waals surface area contributed by atoms with Crippen LogP contribution in [-0.4, -0.2) is 34.7 Å². The summed E-state index contributed by atoms with van der Waals surface area (Å²) in [6.07, 6.45) is 1.79. The third kappa shape index (κ3) is 2.32. The lowest BCUT2D eigenvalue weighted by Gasteiger charge is -2.33. The normalized spacial score (nSPS) is 16.9. The van der Waals surface area contributed by atoms with Gasteiger partial charge in [-0.2, -0.15) is 5.10 Å². The third-order valence-electron chi connectivity index (χ3n) is 4.24. The van der Waals surface area contributed by atoms with Crippen molar-refractivity contribution < 1.29 is 4.39 Å². The first-order chi connectivity index (χ1) is 11.5. The monoisotopic (exact) mass is 342 g/mol. The Balaban J connectivity index is 2.03. The molecule has 1 aliphatic heterocycles. The molecule has 1 atom stereocenters. The van der Waals surface area contributed by atoms with E-state index in [4.69, 9.17) is 11.6 Å². The van der Waals surface area contributed by atoms with Crippen molar-refractivity contribution in [2.45, 2.75) is 5.50 Å². The van der Waals surface area contributed by atoms with Crippen molar-refractivity contribution in [1.82, 2.24) is 15.1 Å². The quantitative estimate of drug-likeness (QED) is 0.546. The van der Waals surface area contributed by atoms with Crippen LogP contribution in [0.1, 0.15) is 11.1 Å². The van der Waals surface area contributed by atoms with Crippen molar-refractivity contribution in [3.05, 3.63) is 65.2 Å². The molecule has 0 fully saturated rings. The number of aromatic amines is 1. The fraction of sp³-hybridized carbons (Fsp3) is 0.167. The van der Waals surface area contributed by atoms with Gasteiger partial charge in [0.05, 0.1) is 17.4 Å². The molecular weight excluding hydrogens is 327 g/mol. The van der Waals surface area contributed by atoms with Crippen LogP contribution in [0.3, 0.4) is 0 Å². The van der Waals surface area contributed by atoms with Gasteiger partial charge in [0.15, 0.2) is 0 Å². The molecule has 24 heavy (non-hydrogen) atoms. The number of hydrogen-bond donors (Lipinski definition) is 2. The molecule has 6 heteroatoms. The average molecular weight is 343 g/mol. The van der Waals surface area contributed by atoms with E-state index in [2.05, 4.69) is 21.6 Å². The fourth-order valence-electron chi connectivity index (χ4n) is 3.16. The van der Waals surface area contributed by atoms with E-state index < -0.39 is 0 Å². The minimum absolute atomic E-state index is 0.257. The number of benzene rings is 2. The van der Waals surface area contributed by atoms with Crippen LogP contribution < -0.4 is 5.32 Å². The number of halogens is 2. The maximum Gasteiger partial charge on any atom is 0.142 e. The standard InChI is InChI=1S/C18H16ClFN4/c1-24(2)17-16(10-3-5-12(20)6-4-10)13-7-11-9-21-23-14(11)8-15(13)22-18(17)19/h3-9,18,22H,1-2H3,(H,21,23). The molecule has 2 aromatic carbocycles. The van der Waals surface area contributed by atoms with Crippen molar-refractivity contribution >= 4 is 33.8 Å². The van der Waals surface area contributed by atoms with Gasteiger partial charge in [-0.3, -0.25) is 5.10 Å². The van der Waals surface area contributed by atoms with E-state index in [1.165, 1.54) is 12.1 Å². The topological polar surface area (TPSA) is 44.0 Å². The van der Waals surface area contributed by atoms with E-state index in [1.54, 1.807) is 18.3 Å². The minimum atomic E-state index is -0.382. The van der Waals surface area contributed by atoms with E-state index in [0.29, 0.717) is 0 Å². The van der Waals surface area contributed by atoms with Gasteiger partial charge in [0.2, 0.25) is 0 Å². The largest absolute Gasteiger partial charge is 0.378 e. The molecule has 122 valence electrons. The van der Waals surface area contributed by atoms with Gasteiger partial charge in [0, 0.05) is 36.3 Å². The second kappa shape index (κ2) is 5.53. The number of likely N-dealkylation sites (N-methyl/N-ethyl adjacent to an activating group) is 1. The molecule has 0 spiro atoms. The number of fused-ring (bicyclic) bond motifs is 2. The molecule has 3 aromatic rings. The molecular formula is C18H16ClFN4. The van der Waals surface area contributed by atoms with Crippen molar-refractivity contribution in [2.24, 2.45) is 0 Å². The molecule has 1 aromatic heterocycles. The summed E-state index contributed by atoms with van der Waals surface area (Å²) < 4.78 is 13.4. The summed E-state index contributed by atoms with van der Waals surface area (Å²) in [6.45, 7) is 0. The summed E-state index contributed by atoms with van der Waals surface area (Å²) in [4.78, 5) is 1.99. The second-order valence-electron chi connectivity index (χ2n) is 6.02. The predicted molar refractivity (Wildman–Crippen MR) is 95.5 cm³/mol. The van der Waals surface area contributed by atoms with Crippen molar-refractivity contribution in [3.8, 4) is 0 Å². The number of aromatic nitrogens is 2. The van der Waals surface area contributed by atoms with Crippen LogP contribution in [0.25, 0.3) is 16.5 Å². The minimum Gasteiger partial charge on any atom is -0.378 e. The first kappa shape index (κ1) is 15.0. The smallest absolute Gasteiger partial charge is 0.142 e. The molecule has 0 bridgehead atoms. The number of alkyl halides is 1. The Kier molecular flexibility index (Phi) is 3.46. The Morgan fingerprint density at radius 3 is 2.62 bits per heavy atom. The predicted octanol–water partition coefficient (Wildman–Crippen LogP) is 4.01. The van der Waals surface area contributed by atoms with E-state index >= 15 is 0 Å². The van der Waals surface area contributed by atoms with Gasteiger partial charge in [-0.15, -0.1) is 0 Å². The highest BCUT2D eigenvalue weighted by Crippen LogP contribution is 2.41. The molecule has 0 amide bonds. The molecule has 1 unspecified atom stereocenters. The van der Waals surface area contributed by atoms with Crippen molar-refractivity contribution in [2.75, 3.05) is 19.4 Å². The third-order valence-corrected chi connectivity index (χ3v) is 4.56. The van der Waals surface area contributed by atoms with Crippen LogP contribution in [0.5, 0.6) is 0 Å². The van der Waals surface area contributed by atoms with Crippen molar-refractivity contribution in [1.29, 1.82) is 0 Å². The summed E-state index contributed by atoms with van der Waals surface area (Å²) >= 11 is 6.60. The van der Waals surface area contributed by atoms with Crippen LogP contribution >= 0.6 is 11.6 Å². The highest BCUT2D eigenvalue weighted by Gasteiger charge is 2.28. The van der Waals surface area contributed by atoms with E-state index in [0.717, 1.165) is 39.0 Å². The summed E-state index contributed by atoms with van der Waals surface area (Å²) in [6, 6.07) is 10.6. The molecule has 0 radical (unpaired) electrons. The summed E-state index contributed by atoms with van der Waals surface area (Å²) in [5, 5.41) is 11.4. The summed E-state index contributed by atoms with van der Waals surface area (Å²) in [5.74, 6) is -0.257. The maximum absolute atomic E-state index is 13.4. The molecule has 0 aliphatic carbocycles. The maximum atomic E-state index is 13.4. The second-order valence-corrected chi connectivity index (χ2v) is 6.46. The molecule has 0 saturated heterocycles.